The number of nitrogens with one attached hydrogen (secondary N) is 1. The molecule has 0 aromatic carbocycles. The number of morpholine rings is 1. The Balaban J connectivity index is 1.92. The van der Waals surface area contributed by atoms with Crippen LogP contribution in [0.15, 0.2) is 0 Å². The zero-order valence-corrected chi connectivity index (χ0v) is 9.96. The molecule has 0 amide bonds. The summed E-state index contributed by atoms with van der Waals surface area (Å²) in [6.07, 6.45) is 0.802. The van der Waals surface area contributed by atoms with Crippen LogP contribution in [0.1, 0.15) is 20.3 Å². The first-order chi connectivity index (χ1) is 7.08. The Morgan fingerprint density at radius 2 is 1.93 bits per heavy atom. The van der Waals surface area contributed by atoms with Crippen LogP contribution in [0.5, 0.6) is 0 Å². The quantitative estimate of drug-likeness (QED) is 0.617. The van der Waals surface area contributed by atoms with E-state index in [1.54, 1.807) is 0 Å². The van der Waals surface area contributed by atoms with E-state index in [0.29, 0.717) is 0 Å². The van der Waals surface area contributed by atoms with Gasteiger partial charge in [0.15, 0.2) is 0 Å². The molecule has 90 valence electrons. The number of rotatable bonds is 6. The van der Waals surface area contributed by atoms with Crippen molar-refractivity contribution in [3.05, 3.63) is 0 Å². The molecule has 1 saturated heterocycles. The maximum atomic E-state index is 9.50. The van der Waals surface area contributed by atoms with Crippen LogP contribution in [0.2, 0.25) is 0 Å². The summed E-state index contributed by atoms with van der Waals surface area (Å²) in [5.41, 5.74) is -0.550. The number of hydrogen-bond donors (Lipinski definition) is 2. The molecule has 1 fully saturated rings. The lowest BCUT2D eigenvalue weighted by molar-refractivity contribution is 0.0379. The van der Waals surface area contributed by atoms with Crippen LogP contribution in [-0.2, 0) is 4.74 Å². The molecular weight excluding hydrogens is 192 g/mol. The minimum Gasteiger partial charge on any atom is -0.390 e. The molecule has 0 radical (unpaired) electrons. The van der Waals surface area contributed by atoms with Crippen molar-refractivity contribution in [2.45, 2.75) is 25.9 Å². The molecule has 2 N–H and O–H groups in total. The van der Waals surface area contributed by atoms with E-state index in [0.717, 1.165) is 52.4 Å². The summed E-state index contributed by atoms with van der Waals surface area (Å²) in [7, 11) is 0. The Morgan fingerprint density at radius 3 is 2.53 bits per heavy atom. The fourth-order valence-corrected chi connectivity index (χ4v) is 1.58. The molecule has 0 aromatic rings. The van der Waals surface area contributed by atoms with Crippen LogP contribution in [0.4, 0.5) is 0 Å². The van der Waals surface area contributed by atoms with E-state index >= 15 is 0 Å². The van der Waals surface area contributed by atoms with Gasteiger partial charge in [-0.05, 0) is 26.8 Å². The Labute approximate surface area is 92.6 Å². The first kappa shape index (κ1) is 12.9. The third kappa shape index (κ3) is 6.84. The SMILES string of the molecule is CC(C)(O)CCNCCN1CCOCC1. The summed E-state index contributed by atoms with van der Waals surface area (Å²) >= 11 is 0. The minimum absolute atomic E-state index is 0.550. The number of nitrogens with zero attached hydrogens (tertiary/aromatic N) is 1. The van der Waals surface area contributed by atoms with E-state index < -0.39 is 5.60 Å². The van der Waals surface area contributed by atoms with Gasteiger partial charge in [-0.15, -0.1) is 0 Å². The Bertz CT molecular complexity index is 162. The lowest BCUT2D eigenvalue weighted by atomic mass is 10.1. The molecule has 1 aliphatic heterocycles. The molecule has 15 heavy (non-hydrogen) atoms. The van der Waals surface area contributed by atoms with Crippen molar-refractivity contribution in [1.29, 1.82) is 0 Å². The first-order valence-electron chi connectivity index (χ1n) is 5.81. The zero-order valence-electron chi connectivity index (χ0n) is 9.96. The van der Waals surface area contributed by atoms with Crippen LogP contribution in [-0.4, -0.2) is 61.5 Å². The molecule has 1 rings (SSSR count). The summed E-state index contributed by atoms with van der Waals surface area (Å²) in [5, 5.41) is 12.8. The van der Waals surface area contributed by atoms with E-state index in [4.69, 9.17) is 4.74 Å². The van der Waals surface area contributed by atoms with Crippen molar-refractivity contribution < 1.29 is 9.84 Å². The highest BCUT2D eigenvalue weighted by Crippen LogP contribution is 2.04. The van der Waals surface area contributed by atoms with Crippen LogP contribution >= 0.6 is 0 Å². The summed E-state index contributed by atoms with van der Waals surface area (Å²) in [6, 6.07) is 0. The van der Waals surface area contributed by atoms with Crippen molar-refractivity contribution in [3.63, 3.8) is 0 Å². The lowest BCUT2D eigenvalue weighted by Gasteiger charge is -2.26. The summed E-state index contributed by atoms with van der Waals surface area (Å²) in [6.45, 7) is 10.5. The monoisotopic (exact) mass is 216 g/mol. The van der Waals surface area contributed by atoms with Crippen LogP contribution in [0.3, 0.4) is 0 Å². The average molecular weight is 216 g/mol. The van der Waals surface area contributed by atoms with E-state index in [-0.39, 0.29) is 0 Å². The predicted molar refractivity (Wildman–Crippen MR) is 61.0 cm³/mol. The van der Waals surface area contributed by atoms with Gasteiger partial charge in [0.2, 0.25) is 0 Å². The Hall–Kier alpha value is -0.160. The molecule has 0 aliphatic carbocycles. The van der Waals surface area contributed by atoms with E-state index in [9.17, 15) is 5.11 Å². The Morgan fingerprint density at radius 1 is 1.27 bits per heavy atom. The third-order valence-corrected chi connectivity index (χ3v) is 2.62. The maximum Gasteiger partial charge on any atom is 0.0603 e. The molecule has 4 nitrogen and oxygen atoms in total. The smallest absolute Gasteiger partial charge is 0.0603 e. The van der Waals surface area contributed by atoms with Crippen molar-refractivity contribution >= 4 is 0 Å². The highest BCUT2D eigenvalue weighted by Gasteiger charge is 2.12. The van der Waals surface area contributed by atoms with Gasteiger partial charge < -0.3 is 15.2 Å². The molecule has 0 atom stereocenters. The highest BCUT2D eigenvalue weighted by atomic mass is 16.5. The fraction of sp³-hybridized carbons (Fsp3) is 1.00. The van der Waals surface area contributed by atoms with Gasteiger partial charge in [0, 0.05) is 26.2 Å². The van der Waals surface area contributed by atoms with Gasteiger partial charge in [-0.25, -0.2) is 0 Å². The zero-order chi connectivity index (χ0) is 11.1. The second-order valence-electron chi connectivity index (χ2n) is 4.77. The lowest BCUT2D eigenvalue weighted by Crippen LogP contribution is -2.40. The molecule has 1 heterocycles. The van der Waals surface area contributed by atoms with Gasteiger partial charge in [-0.1, -0.05) is 0 Å². The van der Waals surface area contributed by atoms with Gasteiger partial charge in [-0.3, -0.25) is 4.90 Å². The number of aliphatic hydroxyl groups is 1. The average Bonchev–Trinajstić information content (AvgIpc) is 2.17. The topological polar surface area (TPSA) is 44.7 Å². The number of hydrogen-bond acceptors (Lipinski definition) is 4. The summed E-state index contributed by atoms with van der Waals surface area (Å²) in [5.74, 6) is 0. The van der Waals surface area contributed by atoms with Crippen LogP contribution in [0.25, 0.3) is 0 Å². The van der Waals surface area contributed by atoms with E-state index in [1.165, 1.54) is 0 Å². The van der Waals surface area contributed by atoms with Crippen molar-refractivity contribution in [1.82, 2.24) is 10.2 Å². The first-order valence-corrected chi connectivity index (χ1v) is 5.81. The standard InChI is InChI=1S/C11H24N2O2/c1-11(2,14)3-4-12-5-6-13-7-9-15-10-8-13/h12,14H,3-10H2,1-2H3. The highest BCUT2D eigenvalue weighted by molar-refractivity contribution is 4.67. The summed E-state index contributed by atoms with van der Waals surface area (Å²) in [4.78, 5) is 2.40. The van der Waals surface area contributed by atoms with Gasteiger partial charge in [0.25, 0.3) is 0 Å². The fourth-order valence-electron chi connectivity index (χ4n) is 1.58. The van der Waals surface area contributed by atoms with Gasteiger partial charge in [-0.2, -0.15) is 0 Å². The maximum absolute atomic E-state index is 9.50. The van der Waals surface area contributed by atoms with Crippen molar-refractivity contribution in [2.75, 3.05) is 45.9 Å². The molecule has 1 aliphatic rings. The molecule has 0 saturated carbocycles. The second kappa shape index (κ2) is 6.43. The molecule has 0 unspecified atom stereocenters. The van der Waals surface area contributed by atoms with Gasteiger partial charge in [0.1, 0.15) is 0 Å². The predicted octanol–water partition coefficient (Wildman–Crippen LogP) is 0.0692. The minimum atomic E-state index is -0.550. The van der Waals surface area contributed by atoms with Gasteiger partial charge >= 0.3 is 0 Å². The second-order valence-corrected chi connectivity index (χ2v) is 4.77. The number of ether oxygens (including phenoxy) is 1. The third-order valence-electron chi connectivity index (χ3n) is 2.62. The molecule has 4 heteroatoms. The largest absolute Gasteiger partial charge is 0.390 e. The van der Waals surface area contributed by atoms with E-state index in [1.807, 2.05) is 13.8 Å². The molecule has 0 bridgehead atoms. The van der Waals surface area contributed by atoms with Crippen LogP contribution < -0.4 is 5.32 Å². The molecular formula is C11H24N2O2. The normalized spacial score (nSPS) is 19.4. The molecule has 0 spiro atoms. The van der Waals surface area contributed by atoms with Crippen LogP contribution in [0, 0.1) is 0 Å². The van der Waals surface area contributed by atoms with Crippen molar-refractivity contribution in [2.24, 2.45) is 0 Å². The Kier molecular flexibility index (Phi) is 5.53. The van der Waals surface area contributed by atoms with E-state index in [2.05, 4.69) is 10.2 Å². The van der Waals surface area contributed by atoms with Crippen molar-refractivity contribution in [3.8, 4) is 0 Å². The van der Waals surface area contributed by atoms with Gasteiger partial charge in [0.05, 0.1) is 18.8 Å². The summed E-state index contributed by atoms with van der Waals surface area (Å²) < 4.78 is 5.28. The molecule has 0 aromatic heterocycles.